The zero-order valence-corrected chi connectivity index (χ0v) is 12.6. The Bertz CT molecular complexity index is 967. The molecule has 0 spiro atoms. The Morgan fingerprint density at radius 1 is 1.26 bits per heavy atom. The summed E-state index contributed by atoms with van der Waals surface area (Å²) in [5, 5.41) is 11.4. The van der Waals surface area contributed by atoms with E-state index in [2.05, 4.69) is 4.98 Å². The molecule has 0 saturated carbocycles. The van der Waals surface area contributed by atoms with Crippen molar-refractivity contribution in [3.63, 3.8) is 0 Å². The van der Waals surface area contributed by atoms with Crippen LogP contribution in [-0.4, -0.2) is 21.6 Å². The van der Waals surface area contributed by atoms with Crippen LogP contribution in [0.2, 0.25) is 5.02 Å². The molecule has 0 N–H and O–H groups in total. The maximum Gasteiger partial charge on any atom is 0.353 e. The highest BCUT2D eigenvalue weighted by atomic mass is 35.5. The van der Waals surface area contributed by atoms with E-state index in [1.165, 1.54) is 17.9 Å². The fourth-order valence-corrected chi connectivity index (χ4v) is 2.60. The molecule has 3 rings (SSSR count). The molecular weight excluding hydrogens is 322 g/mol. The summed E-state index contributed by atoms with van der Waals surface area (Å²) in [5.74, 6) is 0.600. The Balaban J connectivity index is 2.43. The van der Waals surface area contributed by atoms with Gasteiger partial charge in [0.2, 0.25) is 0 Å². The second-order valence-corrected chi connectivity index (χ2v) is 5.01. The summed E-state index contributed by atoms with van der Waals surface area (Å²) >= 11 is 6.03. The van der Waals surface area contributed by atoms with E-state index in [0.717, 1.165) is 0 Å². The lowest BCUT2D eigenvalue weighted by molar-refractivity contribution is -0.386. The number of methoxy groups -OCH3 is 1. The van der Waals surface area contributed by atoms with E-state index in [-0.39, 0.29) is 10.7 Å². The number of hydrogen-bond donors (Lipinski definition) is 0. The first kappa shape index (κ1) is 15.0. The maximum atomic E-state index is 12.6. The summed E-state index contributed by atoms with van der Waals surface area (Å²) in [6.07, 6.45) is 1.49. The molecule has 0 aliphatic heterocycles. The molecule has 2 aromatic heterocycles. The first-order valence-electron chi connectivity index (χ1n) is 6.52. The van der Waals surface area contributed by atoms with Crippen LogP contribution < -0.4 is 10.3 Å². The van der Waals surface area contributed by atoms with E-state index >= 15 is 0 Å². The second-order valence-electron chi connectivity index (χ2n) is 4.63. The van der Waals surface area contributed by atoms with Crippen molar-refractivity contribution in [1.82, 2.24) is 9.55 Å². The van der Waals surface area contributed by atoms with Crippen molar-refractivity contribution in [2.45, 2.75) is 0 Å². The van der Waals surface area contributed by atoms with Crippen LogP contribution in [0.25, 0.3) is 16.7 Å². The largest absolute Gasteiger partial charge is 0.497 e. The van der Waals surface area contributed by atoms with Crippen molar-refractivity contribution in [3.05, 3.63) is 68.1 Å². The van der Waals surface area contributed by atoms with E-state index in [1.54, 1.807) is 36.4 Å². The van der Waals surface area contributed by atoms with Gasteiger partial charge in [-0.25, -0.2) is 4.98 Å². The lowest BCUT2D eigenvalue weighted by Crippen LogP contribution is -2.22. The van der Waals surface area contributed by atoms with Crippen LogP contribution in [0.3, 0.4) is 0 Å². The van der Waals surface area contributed by atoms with Gasteiger partial charge in [0.25, 0.3) is 0 Å². The average Bonchev–Trinajstić information content (AvgIpc) is 2.55. The minimum atomic E-state index is -0.837. The summed E-state index contributed by atoms with van der Waals surface area (Å²) in [4.78, 5) is 27.2. The summed E-state index contributed by atoms with van der Waals surface area (Å²) in [6.45, 7) is 0. The smallest absolute Gasteiger partial charge is 0.353 e. The molecule has 2 heterocycles. The van der Waals surface area contributed by atoms with E-state index in [1.807, 2.05) is 0 Å². The molecule has 3 aromatic rings. The number of pyridine rings is 2. The molecule has 7 nitrogen and oxygen atoms in total. The van der Waals surface area contributed by atoms with Crippen molar-refractivity contribution in [1.29, 1.82) is 0 Å². The van der Waals surface area contributed by atoms with Crippen LogP contribution >= 0.6 is 11.6 Å². The summed E-state index contributed by atoms with van der Waals surface area (Å²) in [6, 6.07) is 9.71. The van der Waals surface area contributed by atoms with Crippen molar-refractivity contribution >= 4 is 28.3 Å². The number of nitrogens with zero attached hydrogens (tertiary/aromatic N) is 3. The minimum Gasteiger partial charge on any atom is -0.497 e. The van der Waals surface area contributed by atoms with Gasteiger partial charge in [-0.3, -0.25) is 19.5 Å². The van der Waals surface area contributed by atoms with Gasteiger partial charge in [0.15, 0.2) is 0 Å². The summed E-state index contributed by atoms with van der Waals surface area (Å²) in [5.41, 5.74) is -0.836. The lowest BCUT2D eigenvalue weighted by atomic mass is 10.2. The topological polar surface area (TPSA) is 87.3 Å². The molecule has 0 saturated heterocycles. The van der Waals surface area contributed by atoms with Crippen LogP contribution in [0.15, 0.2) is 47.4 Å². The standard InChI is InChI=1S/C15H10ClN3O4/c1-23-10-6-4-9(5-7-10)18-14-11(3-2-8-17-14)12(16)13(15(18)20)19(21)22/h2-8H,1H3. The first-order chi connectivity index (χ1) is 11.0. The van der Waals surface area contributed by atoms with Gasteiger partial charge in [0.1, 0.15) is 16.4 Å². The Labute approximate surface area is 134 Å². The van der Waals surface area contributed by atoms with E-state index < -0.39 is 16.2 Å². The molecule has 1 aromatic carbocycles. The SMILES string of the molecule is COc1ccc(-n2c(=O)c([N+](=O)[O-])c(Cl)c3cccnc32)cc1. The quantitative estimate of drug-likeness (QED) is 0.544. The van der Waals surface area contributed by atoms with Crippen LogP contribution in [0.1, 0.15) is 0 Å². The highest BCUT2D eigenvalue weighted by Crippen LogP contribution is 2.29. The van der Waals surface area contributed by atoms with Crippen molar-refractivity contribution in [3.8, 4) is 11.4 Å². The Kier molecular flexibility index (Phi) is 3.71. The normalized spacial score (nSPS) is 10.7. The lowest BCUT2D eigenvalue weighted by Gasteiger charge is -2.11. The zero-order valence-electron chi connectivity index (χ0n) is 11.9. The number of rotatable bonds is 3. The van der Waals surface area contributed by atoms with Gasteiger partial charge < -0.3 is 4.74 Å². The van der Waals surface area contributed by atoms with Gasteiger partial charge in [-0.05, 0) is 36.4 Å². The highest BCUT2D eigenvalue weighted by molar-refractivity contribution is 6.37. The Hall–Kier alpha value is -2.93. The van der Waals surface area contributed by atoms with Gasteiger partial charge in [-0.1, -0.05) is 11.6 Å². The van der Waals surface area contributed by atoms with E-state index in [9.17, 15) is 14.9 Å². The van der Waals surface area contributed by atoms with Crippen molar-refractivity contribution in [2.75, 3.05) is 7.11 Å². The van der Waals surface area contributed by atoms with Crippen molar-refractivity contribution < 1.29 is 9.66 Å². The molecular formula is C15H10ClN3O4. The molecule has 0 fully saturated rings. The van der Waals surface area contributed by atoms with E-state index in [4.69, 9.17) is 16.3 Å². The average molecular weight is 332 g/mol. The number of aromatic nitrogens is 2. The van der Waals surface area contributed by atoms with E-state index in [0.29, 0.717) is 16.8 Å². The number of benzene rings is 1. The molecule has 0 atom stereocenters. The Morgan fingerprint density at radius 3 is 2.57 bits per heavy atom. The fraction of sp³-hybridized carbons (Fsp3) is 0.0667. The molecule has 0 unspecified atom stereocenters. The number of halogens is 1. The molecule has 0 radical (unpaired) electrons. The number of nitro groups is 1. The molecule has 0 aliphatic carbocycles. The van der Waals surface area contributed by atoms with Crippen LogP contribution in [-0.2, 0) is 0 Å². The third-order valence-electron chi connectivity index (χ3n) is 3.36. The highest BCUT2D eigenvalue weighted by Gasteiger charge is 2.25. The second kappa shape index (κ2) is 5.69. The zero-order chi connectivity index (χ0) is 16.6. The first-order valence-corrected chi connectivity index (χ1v) is 6.90. The van der Waals surface area contributed by atoms with Crippen LogP contribution in [0.4, 0.5) is 5.69 Å². The van der Waals surface area contributed by atoms with Crippen LogP contribution in [0, 0.1) is 10.1 Å². The minimum absolute atomic E-state index is 0.215. The number of hydrogen-bond acceptors (Lipinski definition) is 5. The molecule has 23 heavy (non-hydrogen) atoms. The number of ether oxygens (including phenoxy) is 1. The predicted molar refractivity (Wildman–Crippen MR) is 85.6 cm³/mol. The monoisotopic (exact) mass is 331 g/mol. The van der Waals surface area contributed by atoms with Gasteiger partial charge in [-0.15, -0.1) is 0 Å². The molecule has 0 bridgehead atoms. The van der Waals surface area contributed by atoms with Gasteiger partial charge >= 0.3 is 11.2 Å². The summed E-state index contributed by atoms with van der Waals surface area (Å²) in [7, 11) is 1.52. The van der Waals surface area contributed by atoms with Gasteiger partial charge in [0, 0.05) is 11.6 Å². The van der Waals surface area contributed by atoms with Crippen LogP contribution in [0.5, 0.6) is 5.75 Å². The third kappa shape index (κ3) is 2.40. The molecule has 116 valence electrons. The molecule has 0 amide bonds. The maximum absolute atomic E-state index is 12.6. The van der Waals surface area contributed by atoms with Gasteiger partial charge in [-0.2, -0.15) is 0 Å². The Morgan fingerprint density at radius 2 is 1.96 bits per heavy atom. The summed E-state index contributed by atoms with van der Waals surface area (Å²) < 4.78 is 6.24. The van der Waals surface area contributed by atoms with Crippen molar-refractivity contribution in [2.24, 2.45) is 0 Å². The molecule has 0 aliphatic rings. The van der Waals surface area contributed by atoms with Gasteiger partial charge in [0.05, 0.1) is 17.7 Å². The fourth-order valence-electron chi connectivity index (χ4n) is 2.30. The molecule has 8 heteroatoms. The number of fused-ring (bicyclic) bond motifs is 1. The predicted octanol–water partition coefficient (Wildman–Crippen LogP) is 2.96. The third-order valence-corrected chi connectivity index (χ3v) is 3.74.